The quantitative estimate of drug-likeness (QED) is 0.128. The van der Waals surface area contributed by atoms with E-state index >= 15 is 0 Å². The zero-order valence-corrected chi connectivity index (χ0v) is 31.2. The van der Waals surface area contributed by atoms with Gasteiger partial charge >= 0.3 is 5.97 Å². The molecule has 0 aliphatic heterocycles. The third-order valence-electron chi connectivity index (χ3n) is 9.50. The minimum absolute atomic E-state index is 0.00446. The Labute approximate surface area is 262 Å². The first kappa shape index (κ1) is 37.5. The van der Waals surface area contributed by atoms with Gasteiger partial charge < -0.3 is 28.8 Å². The first-order valence-electron chi connectivity index (χ1n) is 15.4. The third kappa shape index (κ3) is 9.40. The number of nitrogens with two attached hydrogens (primary N) is 1. The van der Waals surface area contributed by atoms with Crippen molar-refractivity contribution in [3.8, 4) is 0 Å². The summed E-state index contributed by atoms with van der Waals surface area (Å²) in [5.74, 6) is -0.0790. The summed E-state index contributed by atoms with van der Waals surface area (Å²) in [6, 6.07) is 0. The Kier molecular flexibility index (Phi) is 12.3. The standard InChI is InChI=1S/C31H58N4O6Si2/c1-15-23(17-33-26-21(2)34-20-35-28(26)32)18-39-31(16-24(31)40-42(11,12)29(4,5)6)27(22(3)38-19-25(36)37-10)41-43(13,14)30(7,8)9/h17,20,22-24,27H,15-16,18-19H2,1-14H3,(H2,32,34,35)/t22-,23-,24+,27-,31?/m0/s1. The van der Waals surface area contributed by atoms with Crippen LogP contribution >= 0.6 is 0 Å². The second-order valence-electron chi connectivity index (χ2n) is 14.9. The number of hydrogen-bond donors (Lipinski definition) is 1. The van der Waals surface area contributed by atoms with E-state index in [2.05, 4.69) is 89.6 Å². The van der Waals surface area contributed by atoms with Gasteiger partial charge in [-0.05, 0) is 56.5 Å². The van der Waals surface area contributed by atoms with Gasteiger partial charge in [0.2, 0.25) is 0 Å². The van der Waals surface area contributed by atoms with Crippen molar-refractivity contribution in [2.24, 2.45) is 10.9 Å². The minimum atomic E-state index is -2.30. The van der Waals surface area contributed by atoms with Gasteiger partial charge in [-0.25, -0.2) is 14.8 Å². The summed E-state index contributed by atoms with van der Waals surface area (Å²) < 4.78 is 32.0. The molecule has 0 aromatic carbocycles. The number of esters is 1. The Morgan fingerprint density at radius 2 is 1.74 bits per heavy atom. The molecule has 246 valence electrons. The van der Waals surface area contributed by atoms with Crippen LogP contribution in [0.3, 0.4) is 0 Å². The van der Waals surface area contributed by atoms with Crippen molar-refractivity contribution in [2.45, 2.75) is 135 Å². The molecule has 1 unspecified atom stereocenters. The molecule has 0 bridgehead atoms. The van der Waals surface area contributed by atoms with Crippen LogP contribution in [0.4, 0.5) is 11.5 Å². The van der Waals surface area contributed by atoms with Gasteiger partial charge in [-0.1, -0.05) is 48.5 Å². The fourth-order valence-electron chi connectivity index (χ4n) is 4.22. The van der Waals surface area contributed by atoms with Crippen LogP contribution in [-0.2, 0) is 27.9 Å². The number of hydrogen-bond acceptors (Lipinski definition) is 10. The number of carbonyl (C=O) groups excluding carboxylic acids is 1. The fraction of sp³-hybridized carbons (Fsp3) is 0.806. The highest BCUT2D eigenvalue weighted by Crippen LogP contribution is 2.53. The van der Waals surface area contributed by atoms with Gasteiger partial charge in [-0.2, -0.15) is 0 Å². The van der Waals surface area contributed by atoms with Gasteiger partial charge in [0.05, 0.1) is 31.6 Å². The van der Waals surface area contributed by atoms with Gasteiger partial charge in [-0.3, -0.25) is 4.99 Å². The molecule has 5 atom stereocenters. The molecule has 1 aliphatic rings. The van der Waals surface area contributed by atoms with Gasteiger partial charge in [0.25, 0.3) is 0 Å². The Morgan fingerprint density at radius 3 is 2.26 bits per heavy atom. The van der Waals surface area contributed by atoms with E-state index in [-0.39, 0.29) is 28.7 Å². The Balaban J connectivity index is 2.48. The van der Waals surface area contributed by atoms with Crippen LogP contribution in [0, 0.1) is 12.8 Å². The van der Waals surface area contributed by atoms with E-state index < -0.39 is 40.4 Å². The molecule has 1 aliphatic carbocycles. The molecule has 1 fully saturated rings. The number of nitrogen functional groups attached to an aromatic ring is 1. The van der Waals surface area contributed by atoms with E-state index in [1.165, 1.54) is 13.4 Å². The van der Waals surface area contributed by atoms with E-state index in [0.717, 1.165) is 12.1 Å². The highest BCUT2D eigenvalue weighted by molar-refractivity contribution is 6.74. The summed E-state index contributed by atoms with van der Waals surface area (Å²) in [5, 5.41) is -0.0222. The number of aromatic nitrogens is 2. The van der Waals surface area contributed by atoms with Crippen LogP contribution in [0.1, 0.15) is 73.9 Å². The lowest BCUT2D eigenvalue weighted by Gasteiger charge is -2.44. The molecule has 2 rings (SSSR count). The molecule has 2 N–H and O–H groups in total. The highest BCUT2D eigenvalue weighted by Gasteiger charge is 2.66. The van der Waals surface area contributed by atoms with Crippen molar-refractivity contribution in [3.05, 3.63) is 12.0 Å². The topological polar surface area (TPSA) is 127 Å². The first-order valence-corrected chi connectivity index (χ1v) is 21.2. The summed E-state index contributed by atoms with van der Waals surface area (Å²) in [7, 11) is -3.08. The number of aryl methyl sites for hydroxylation is 1. The summed E-state index contributed by atoms with van der Waals surface area (Å²) in [5.41, 5.74) is 6.63. The lowest BCUT2D eigenvalue weighted by molar-refractivity contribution is -0.157. The maximum absolute atomic E-state index is 12.0. The Morgan fingerprint density at radius 1 is 1.14 bits per heavy atom. The summed E-state index contributed by atoms with van der Waals surface area (Å²) in [6.45, 7) is 28.5. The average molecular weight is 639 g/mol. The molecule has 1 aromatic heterocycles. The number of aliphatic imine (C=N–C) groups is 1. The lowest BCUT2D eigenvalue weighted by atomic mass is 10.1. The summed E-state index contributed by atoms with van der Waals surface area (Å²) in [4.78, 5) is 25.0. The van der Waals surface area contributed by atoms with Crippen LogP contribution in [0.15, 0.2) is 11.3 Å². The average Bonchev–Trinajstić information content (AvgIpc) is 3.57. The Bertz CT molecular complexity index is 1100. The molecule has 0 spiro atoms. The van der Waals surface area contributed by atoms with Crippen molar-refractivity contribution < 1.29 is 27.9 Å². The van der Waals surface area contributed by atoms with Gasteiger partial charge in [0, 0.05) is 18.6 Å². The van der Waals surface area contributed by atoms with Crippen molar-refractivity contribution in [2.75, 3.05) is 26.1 Å². The fourth-order valence-corrected chi connectivity index (χ4v) is 6.95. The number of ether oxygens (including phenoxy) is 3. The van der Waals surface area contributed by atoms with Crippen molar-refractivity contribution >= 4 is 40.3 Å². The third-order valence-corrected chi connectivity index (χ3v) is 18.4. The predicted molar refractivity (Wildman–Crippen MR) is 178 cm³/mol. The van der Waals surface area contributed by atoms with E-state index in [1.54, 1.807) is 0 Å². The van der Waals surface area contributed by atoms with Crippen LogP contribution in [-0.4, -0.2) is 83.0 Å². The highest BCUT2D eigenvalue weighted by atomic mass is 28.4. The number of methoxy groups -OCH3 is 1. The molecule has 1 aromatic rings. The minimum Gasteiger partial charge on any atom is -0.467 e. The van der Waals surface area contributed by atoms with E-state index in [1.807, 2.05) is 20.1 Å². The molecule has 10 nitrogen and oxygen atoms in total. The van der Waals surface area contributed by atoms with Crippen molar-refractivity contribution in [1.29, 1.82) is 0 Å². The maximum Gasteiger partial charge on any atom is 0.331 e. The molecule has 12 heteroatoms. The second kappa shape index (κ2) is 14.2. The van der Waals surface area contributed by atoms with Crippen molar-refractivity contribution in [1.82, 2.24) is 9.97 Å². The first-order chi connectivity index (χ1) is 19.6. The number of anilines is 1. The Hall–Kier alpha value is -1.71. The largest absolute Gasteiger partial charge is 0.467 e. The molecular weight excluding hydrogens is 581 g/mol. The van der Waals surface area contributed by atoms with Crippen LogP contribution in [0.5, 0.6) is 0 Å². The maximum atomic E-state index is 12.0. The lowest BCUT2D eigenvalue weighted by Crippen LogP contribution is -2.55. The SMILES string of the molecule is CC[C@@H](C=Nc1c(C)ncnc1N)COC1([C@@H](O[Si](C)(C)C(C)(C)C)[C@H](C)OCC(=O)OC)C[C@H]1O[Si](C)(C)C(C)(C)C. The zero-order chi connectivity index (χ0) is 33.0. The summed E-state index contributed by atoms with van der Waals surface area (Å²) >= 11 is 0. The normalized spacial score (nSPS) is 22.0. The van der Waals surface area contributed by atoms with Crippen molar-refractivity contribution in [3.63, 3.8) is 0 Å². The molecule has 0 radical (unpaired) electrons. The van der Waals surface area contributed by atoms with E-state index in [4.69, 9.17) is 28.8 Å². The summed E-state index contributed by atoms with van der Waals surface area (Å²) in [6.07, 6.45) is 3.74. The molecule has 0 saturated heterocycles. The number of nitrogens with zero attached hydrogens (tertiary/aromatic N) is 3. The smallest absolute Gasteiger partial charge is 0.331 e. The molecular formula is C31H58N4O6Si2. The second-order valence-corrected chi connectivity index (χ2v) is 24.4. The number of rotatable bonds is 15. The van der Waals surface area contributed by atoms with Gasteiger partial charge in [0.15, 0.2) is 22.5 Å². The zero-order valence-electron chi connectivity index (χ0n) is 29.2. The van der Waals surface area contributed by atoms with Gasteiger partial charge in [0.1, 0.15) is 30.3 Å². The van der Waals surface area contributed by atoms with Crippen LogP contribution in [0.25, 0.3) is 0 Å². The molecule has 1 saturated carbocycles. The monoisotopic (exact) mass is 638 g/mol. The van der Waals surface area contributed by atoms with Crippen LogP contribution in [0.2, 0.25) is 36.3 Å². The van der Waals surface area contributed by atoms with Crippen LogP contribution < -0.4 is 5.73 Å². The molecule has 1 heterocycles. The molecule has 0 amide bonds. The van der Waals surface area contributed by atoms with E-state index in [0.29, 0.717) is 24.5 Å². The number of carbonyl (C=O) groups is 1. The van der Waals surface area contributed by atoms with E-state index in [9.17, 15) is 4.79 Å². The predicted octanol–water partition coefficient (Wildman–Crippen LogP) is 6.61. The molecule has 43 heavy (non-hydrogen) atoms. The van der Waals surface area contributed by atoms with Gasteiger partial charge in [-0.15, -0.1) is 0 Å².